The van der Waals surface area contributed by atoms with Gasteiger partial charge in [0.25, 0.3) is 5.56 Å². The molecule has 3 aromatic rings. The number of hydrogen-bond acceptors (Lipinski definition) is 4. The van der Waals surface area contributed by atoms with E-state index in [9.17, 15) is 4.79 Å². The van der Waals surface area contributed by atoms with Crippen molar-refractivity contribution in [3.63, 3.8) is 0 Å². The number of nitrogens with zero attached hydrogens (tertiary/aromatic N) is 1. The molecule has 0 spiro atoms. The van der Waals surface area contributed by atoms with Crippen molar-refractivity contribution in [2.24, 2.45) is 0 Å². The average Bonchev–Trinajstić information content (AvgIpc) is 2.56. The van der Waals surface area contributed by atoms with Gasteiger partial charge in [-0.1, -0.05) is 36.4 Å². The highest BCUT2D eigenvalue weighted by molar-refractivity contribution is 5.83. The van der Waals surface area contributed by atoms with Crippen LogP contribution < -0.4 is 10.3 Å². The van der Waals surface area contributed by atoms with E-state index in [1.165, 1.54) is 0 Å². The molecule has 2 aromatic carbocycles. The monoisotopic (exact) mass is 296 g/mol. The van der Waals surface area contributed by atoms with Crippen LogP contribution in [0.3, 0.4) is 0 Å². The van der Waals surface area contributed by atoms with Crippen LogP contribution in [-0.2, 0) is 4.74 Å². The van der Waals surface area contributed by atoms with Crippen LogP contribution in [0.5, 0.6) is 5.75 Å². The first kappa shape index (κ1) is 14.3. The minimum absolute atomic E-state index is 0.211. The van der Waals surface area contributed by atoms with Gasteiger partial charge in [0.1, 0.15) is 23.2 Å². The van der Waals surface area contributed by atoms with Crippen LogP contribution in [0.2, 0.25) is 0 Å². The zero-order chi connectivity index (χ0) is 15.5. The molecule has 0 saturated carbocycles. The van der Waals surface area contributed by atoms with Crippen LogP contribution >= 0.6 is 0 Å². The number of fused-ring (bicyclic) bond motifs is 1. The van der Waals surface area contributed by atoms with Crippen molar-refractivity contribution in [3.8, 4) is 5.75 Å². The molecule has 1 N–H and O–H groups in total. The Morgan fingerprint density at radius 3 is 2.50 bits per heavy atom. The zero-order valence-electron chi connectivity index (χ0n) is 12.4. The summed E-state index contributed by atoms with van der Waals surface area (Å²) in [6, 6.07) is 14.9. The Labute approximate surface area is 127 Å². The zero-order valence-corrected chi connectivity index (χ0v) is 12.4. The number of rotatable bonds is 4. The largest absolute Gasteiger partial charge is 0.494 e. The van der Waals surface area contributed by atoms with Crippen molar-refractivity contribution in [2.45, 2.75) is 6.10 Å². The highest BCUT2D eigenvalue weighted by Crippen LogP contribution is 2.25. The number of nitrogens with one attached hydrogen (secondary N) is 1. The Morgan fingerprint density at radius 1 is 1.05 bits per heavy atom. The SMILES string of the molecule is COc1cccc2c(=O)[nH]c(C(OC)c3ccccc3)nc12. The number of benzene rings is 2. The summed E-state index contributed by atoms with van der Waals surface area (Å²) in [5.74, 6) is 1.02. The molecule has 5 heteroatoms. The minimum Gasteiger partial charge on any atom is -0.494 e. The maximum Gasteiger partial charge on any atom is 0.258 e. The lowest BCUT2D eigenvalue weighted by molar-refractivity contribution is 0.129. The normalized spacial score (nSPS) is 12.3. The van der Waals surface area contributed by atoms with E-state index in [4.69, 9.17) is 9.47 Å². The third-order valence-corrected chi connectivity index (χ3v) is 3.52. The summed E-state index contributed by atoms with van der Waals surface area (Å²) < 4.78 is 10.8. The van der Waals surface area contributed by atoms with Crippen molar-refractivity contribution in [1.29, 1.82) is 0 Å². The molecule has 0 radical (unpaired) electrons. The van der Waals surface area contributed by atoms with E-state index in [0.717, 1.165) is 5.56 Å². The van der Waals surface area contributed by atoms with E-state index in [0.29, 0.717) is 22.5 Å². The van der Waals surface area contributed by atoms with Gasteiger partial charge in [-0.2, -0.15) is 0 Å². The number of hydrogen-bond donors (Lipinski definition) is 1. The number of methoxy groups -OCH3 is 2. The van der Waals surface area contributed by atoms with Gasteiger partial charge in [0.2, 0.25) is 0 Å². The molecule has 0 bridgehead atoms. The molecule has 3 rings (SSSR count). The van der Waals surface area contributed by atoms with Gasteiger partial charge in [0, 0.05) is 7.11 Å². The number of H-pyrrole nitrogens is 1. The Hall–Kier alpha value is -2.66. The first-order valence-electron chi connectivity index (χ1n) is 6.89. The van der Waals surface area contributed by atoms with Crippen molar-refractivity contribution < 1.29 is 9.47 Å². The molecule has 1 heterocycles. The fourth-order valence-corrected chi connectivity index (χ4v) is 2.48. The van der Waals surface area contributed by atoms with Gasteiger partial charge in [-0.15, -0.1) is 0 Å². The predicted molar refractivity (Wildman–Crippen MR) is 84.2 cm³/mol. The summed E-state index contributed by atoms with van der Waals surface area (Å²) in [5, 5.41) is 0.492. The van der Waals surface area contributed by atoms with Crippen LogP contribution in [-0.4, -0.2) is 24.2 Å². The summed E-state index contributed by atoms with van der Waals surface area (Å²) in [6.07, 6.45) is -0.441. The van der Waals surface area contributed by atoms with Crippen LogP contribution in [0.25, 0.3) is 10.9 Å². The second-order valence-corrected chi connectivity index (χ2v) is 4.83. The standard InChI is InChI=1S/C17H16N2O3/c1-21-13-10-6-9-12-14(13)18-16(19-17(12)20)15(22-2)11-7-4-3-5-8-11/h3-10,15H,1-2H3,(H,18,19,20). The first-order chi connectivity index (χ1) is 10.7. The van der Waals surface area contributed by atoms with E-state index in [1.807, 2.05) is 30.3 Å². The quantitative estimate of drug-likeness (QED) is 0.804. The van der Waals surface area contributed by atoms with Crippen molar-refractivity contribution in [3.05, 3.63) is 70.3 Å². The molecule has 0 amide bonds. The molecular formula is C17H16N2O3. The van der Waals surface area contributed by atoms with Crippen molar-refractivity contribution in [2.75, 3.05) is 14.2 Å². The summed E-state index contributed by atoms with van der Waals surface area (Å²) >= 11 is 0. The van der Waals surface area contributed by atoms with Gasteiger partial charge in [-0.25, -0.2) is 4.98 Å². The van der Waals surface area contributed by atoms with E-state index in [1.54, 1.807) is 32.4 Å². The number of ether oxygens (including phenoxy) is 2. The maximum absolute atomic E-state index is 12.3. The van der Waals surface area contributed by atoms with Crippen LogP contribution in [0.1, 0.15) is 17.5 Å². The highest BCUT2D eigenvalue weighted by atomic mass is 16.5. The first-order valence-corrected chi connectivity index (χ1v) is 6.89. The highest BCUT2D eigenvalue weighted by Gasteiger charge is 2.18. The Balaban J connectivity index is 2.20. The molecule has 0 saturated heterocycles. The van der Waals surface area contributed by atoms with Crippen LogP contribution in [0, 0.1) is 0 Å². The van der Waals surface area contributed by atoms with Gasteiger partial charge in [-0.05, 0) is 17.7 Å². The van der Waals surface area contributed by atoms with Gasteiger partial charge in [0.15, 0.2) is 0 Å². The fourth-order valence-electron chi connectivity index (χ4n) is 2.48. The minimum atomic E-state index is -0.441. The third kappa shape index (κ3) is 2.46. The molecule has 1 aromatic heterocycles. The molecule has 0 fully saturated rings. The molecule has 0 aliphatic heterocycles. The van der Waals surface area contributed by atoms with Crippen molar-refractivity contribution in [1.82, 2.24) is 9.97 Å². The van der Waals surface area contributed by atoms with Gasteiger partial charge in [0.05, 0.1) is 12.5 Å². The predicted octanol–water partition coefficient (Wildman–Crippen LogP) is 2.67. The number of aromatic amines is 1. The molecule has 1 unspecified atom stereocenters. The Morgan fingerprint density at radius 2 is 1.82 bits per heavy atom. The van der Waals surface area contributed by atoms with Gasteiger partial charge >= 0.3 is 0 Å². The number of para-hydroxylation sites is 1. The van der Waals surface area contributed by atoms with Gasteiger partial charge in [-0.3, -0.25) is 4.79 Å². The smallest absolute Gasteiger partial charge is 0.258 e. The van der Waals surface area contributed by atoms with Crippen molar-refractivity contribution >= 4 is 10.9 Å². The van der Waals surface area contributed by atoms with E-state index in [-0.39, 0.29) is 5.56 Å². The third-order valence-electron chi connectivity index (χ3n) is 3.52. The van der Waals surface area contributed by atoms with E-state index in [2.05, 4.69) is 9.97 Å². The molecule has 5 nitrogen and oxygen atoms in total. The van der Waals surface area contributed by atoms with Crippen LogP contribution in [0.15, 0.2) is 53.3 Å². The second-order valence-electron chi connectivity index (χ2n) is 4.83. The van der Waals surface area contributed by atoms with Gasteiger partial charge < -0.3 is 14.5 Å². The summed E-state index contributed by atoms with van der Waals surface area (Å²) in [5.41, 5.74) is 1.24. The average molecular weight is 296 g/mol. The molecule has 0 aliphatic carbocycles. The summed E-state index contributed by atoms with van der Waals surface area (Å²) in [7, 11) is 3.15. The maximum atomic E-state index is 12.3. The lowest BCUT2D eigenvalue weighted by Crippen LogP contribution is -2.17. The lowest BCUT2D eigenvalue weighted by atomic mass is 10.1. The Bertz CT molecular complexity index is 843. The molecule has 112 valence electrons. The van der Waals surface area contributed by atoms with Crippen LogP contribution in [0.4, 0.5) is 0 Å². The lowest BCUT2D eigenvalue weighted by Gasteiger charge is -2.15. The topological polar surface area (TPSA) is 64.2 Å². The second kappa shape index (κ2) is 5.99. The molecule has 22 heavy (non-hydrogen) atoms. The summed E-state index contributed by atoms with van der Waals surface area (Å²) in [6.45, 7) is 0. The van der Waals surface area contributed by atoms with E-state index < -0.39 is 6.10 Å². The summed E-state index contributed by atoms with van der Waals surface area (Å²) in [4.78, 5) is 19.7. The molecule has 0 aliphatic rings. The molecular weight excluding hydrogens is 280 g/mol. The fraction of sp³-hybridized carbons (Fsp3) is 0.176. The Kier molecular flexibility index (Phi) is 3.89. The number of aromatic nitrogens is 2. The molecule has 1 atom stereocenters. The van der Waals surface area contributed by atoms with E-state index >= 15 is 0 Å².